The van der Waals surface area contributed by atoms with Crippen LogP contribution in [0.4, 0.5) is 0 Å². The number of benzene rings is 2. The van der Waals surface area contributed by atoms with E-state index in [1.54, 1.807) is 11.3 Å². The number of phenolic OH excluding ortho intramolecular Hbond substituents is 1. The Hall–Kier alpha value is 1.23. The predicted octanol–water partition coefficient (Wildman–Crippen LogP) is 4.37. The van der Waals surface area contributed by atoms with Crippen LogP contribution >= 0.6 is 22.9 Å². The molecule has 26 heavy (non-hydrogen) atoms. The van der Waals surface area contributed by atoms with Gasteiger partial charge in [0.25, 0.3) is 0 Å². The molecule has 122 valence electrons. The summed E-state index contributed by atoms with van der Waals surface area (Å²) in [4.78, 5) is 1.13. The van der Waals surface area contributed by atoms with E-state index < -0.39 is 0 Å². The minimum atomic E-state index is 0. The summed E-state index contributed by atoms with van der Waals surface area (Å²) in [6.45, 7) is 0. The van der Waals surface area contributed by atoms with Crippen molar-refractivity contribution in [3.8, 4) is 27.3 Å². The van der Waals surface area contributed by atoms with Gasteiger partial charge in [-0.15, -0.1) is 11.3 Å². The van der Waals surface area contributed by atoms with Gasteiger partial charge in [0.05, 0.1) is 0 Å². The Morgan fingerprint density at radius 1 is 0.846 bits per heavy atom. The van der Waals surface area contributed by atoms with Gasteiger partial charge < -0.3 is 5.11 Å². The average molecular weight is 413 g/mol. The van der Waals surface area contributed by atoms with E-state index in [0.29, 0.717) is 5.75 Å². The number of aryl methyl sites for hydroxylation is 1. The molecule has 0 atom stereocenters. The molecule has 0 bridgehead atoms. The number of fused-ring (bicyclic) bond motifs is 1. The first-order valence-corrected chi connectivity index (χ1v) is 9.12. The van der Waals surface area contributed by atoms with E-state index in [9.17, 15) is 5.11 Å². The van der Waals surface area contributed by atoms with Crippen LogP contribution in [0.1, 0.15) is 24.0 Å². The van der Waals surface area contributed by atoms with Gasteiger partial charge in [0, 0.05) is 16.0 Å². The van der Waals surface area contributed by atoms with Crippen LogP contribution in [0, 0.1) is 0 Å². The molecule has 0 spiro atoms. The Labute approximate surface area is 230 Å². The van der Waals surface area contributed by atoms with Gasteiger partial charge in [0.1, 0.15) is 10.1 Å². The van der Waals surface area contributed by atoms with Crippen molar-refractivity contribution in [1.82, 2.24) is 0 Å². The van der Waals surface area contributed by atoms with Gasteiger partial charge in [0.15, 0.2) is 0 Å². The predicted molar refractivity (Wildman–Crippen MR) is 120 cm³/mol. The number of halogens is 1. The van der Waals surface area contributed by atoms with Crippen LogP contribution in [0.3, 0.4) is 0 Å². The molecule has 0 aliphatic heterocycles. The molecule has 4 rings (SSSR count). The first kappa shape index (κ1) is 25.3. The van der Waals surface area contributed by atoms with Gasteiger partial charge in [-0.3, -0.25) is 0 Å². The zero-order valence-electron chi connectivity index (χ0n) is 12.7. The van der Waals surface area contributed by atoms with Gasteiger partial charge in [-0.05, 0) is 48.4 Å². The Morgan fingerprint density at radius 3 is 2.27 bits per heavy atom. The Morgan fingerprint density at radius 2 is 1.54 bits per heavy atom. The van der Waals surface area contributed by atoms with Gasteiger partial charge in [0.2, 0.25) is 0 Å². The zero-order chi connectivity index (χ0) is 15.8. The van der Waals surface area contributed by atoms with Crippen LogP contribution in [0.25, 0.3) is 21.6 Å². The van der Waals surface area contributed by atoms with Crippen molar-refractivity contribution >= 4 is 112 Å². The number of rotatable bonds is 2. The van der Waals surface area contributed by atoms with Crippen molar-refractivity contribution in [2.24, 2.45) is 0 Å². The summed E-state index contributed by atoms with van der Waals surface area (Å²) in [6, 6.07) is 16.5. The van der Waals surface area contributed by atoms with Crippen LogP contribution in [0.5, 0.6) is 5.75 Å². The molecular weight excluding hydrogens is 393 g/mol. The van der Waals surface area contributed by atoms with E-state index in [-0.39, 0.29) is 88.7 Å². The van der Waals surface area contributed by atoms with E-state index in [1.807, 2.05) is 24.3 Å². The Kier molecular flexibility index (Phi) is 11.1. The summed E-state index contributed by atoms with van der Waals surface area (Å²) >= 11 is 8.05. The first-order valence-electron chi connectivity index (χ1n) is 7.93. The molecule has 2 aromatic carbocycles. The summed E-state index contributed by atoms with van der Waals surface area (Å²) in [5.41, 5.74) is 5.34. The van der Waals surface area contributed by atoms with Gasteiger partial charge in [-0.25, -0.2) is 0 Å². The molecule has 1 aliphatic carbocycles. The van der Waals surface area contributed by atoms with Crippen molar-refractivity contribution < 1.29 is 5.11 Å². The van der Waals surface area contributed by atoms with Crippen LogP contribution < -0.4 is 0 Å². The van der Waals surface area contributed by atoms with Crippen LogP contribution in [-0.4, -0.2) is 93.8 Å². The molecule has 0 radical (unpaired) electrons. The third-order valence-electron chi connectivity index (χ3n) is 4.54. The van der Waals surface area contributed by atoms with E-state index in [0.717, 1.165) is 50.7 Å². The maximum atomic E-state index is 10.7. The average Bonchev–Trinajstić information content (AvgIpc) is 2.98. The van der Waals surface area contributed by atoms with Crippen molar-refractivity contribution in [1.29, 1.82) is 0 Å². The molecule has 1 aromatic heterocycles. The van der Waals surface area contributed by atoms with E-state index in [2.05, 4.69) is 24.3 Å². The molecule has 1 N–H and O–H groups in total. The van der Waals surface area contributed by atoms with E-state index in [4.69, 9.17) is 11.6 Å². The maximum absolute atomic E-state index is 10.7. The fourth-order valence-corrected chi connectivity index (χ4v) is 4.63. The van der Waals surface area contributed by atoms with E-state index in [1.165, 1.54) is 12.0 Å². The van der Waals surface area contributed by atoms with Crippen LogP contribution in [0.15, 0.2) is 48.5 Å². The van der Waals surface area contributed by atoms with Crippen LogP contribution in [-0.2, 0) is 12.8 Å². The second-order valence-electron chi connectivity index (χ2n) is 5.97. The van der Waals surface area contributed by atoms with Gasteiger partial charge in [-0.2, -0.15) is 0 Å². The molecule has 0 fully saturated rings. The molecular formula is C20H20ClNa3OS. The number of aromatic hydroxyl groups is 1. The second-order valence-corrected chi connectivity index (χ2v) is 7.62. The fraction of sp³-hybridized carbons (Fsp3) is 0.200. The fourth-order valence-electron chi connectivity index (χ4n) is 3.32. The van der Waals surface area contributed by atoms with Crippen molar-refractivity contribution in [3.05, 3.63) is 64.0 Å². The molecule has 1 heterocycles. The quantitative estimate of drug-likeness (QED) is 0.619. The molecule has 3 aromatic rings. The number of hydrogen-bond donors (Lipinski definition) is 1. The molecule has 1 aliphatic rings. The molecule has 6 heteroatoms. The molecule has 0 saturated carbocycles. The normalized spacial score (nSPS) is 12.2. The van der Waals surface area contributed by atoms with Gasteiger partial charge >= 0.3 is 88.7 Å². The summed E-state index contributed by atoms with van der Waals surface area (Å²) in [7, 11) is 0. The second kappa shape index (κ2) is 11.4. The van der Waals surface area contributed by atoms with Gasteiger partial charge in [-0.1, -0.05) is 54.1 Å². The third-order valence-corrected chi connectivity index (χ3v) is 5.95. The summed E-state index contributed by atoms with van der Waals surface area (Å²) in [6.07, 6.45) is 4.39. The molecule has 0 unspecified atom stereocenters. The monoisotopic (exact) mass is 412 g/mol. The van der Waals surface area contributed by atoms with Crippen LogP contribution in [0.2, 0.25) is 4.34 Å². The molecule has 0 amide bonds. The number of thiophene rings is 1. The van der Waals surface area contributed by atoms with Crippen molar-refractivity contribution in [2.75, 3.05) is 0 Å². The zero-order valence-corrected chi connectivity index (χ0v) is 14.3. The number of hydrogen-bond acceptors (Lipinski definition) is 2. The summed E-state index contributed by atoms with van der Waals surface area (Å²) < 4.78 is 0.731. The minimum absolute atomic E-state index is 0. The summed E-state index contributed by atoms with van der Waals surface area (Å²) in [5.74, 6) is 0.418. The summed E-state index contributed by atoms with van der Waals surface area (Å²) in [5, 5.41) is 10.7. The number of phenols is 1. The molecule has 1 nitrogen and oxygen atoms in total. The standard InChI is InChI=1S/C20H17ClOS.3Na.3H/c21-20-17(12-18(23-20)14-7-2-1-3-8-14)16-11-10-13-6-4-5-9-15(13)19(16)22;;;;;;/h1-3,7-8,10-12,22H,4-6,9H2;;;;;;. The molecule has 0 saturated heterocycles. The Balaban J connectivity index is 0.00000113. The topological polar surface area (TPSA) is 20.2 Å². The van der Waals surface area contributed by atoms with Crippen molar-refractivity contribution in [2.45, 2.75) is 25.7 Å². The SMILES string of the molecule is Oc1c(-c2cc(-c3ccccc3)sc2Cl)ccc2c1CCCC2.[NaH].[NaH].[NaH]. The first-order chi connectivity index (χ1) is 11.2. The Bertz CT molecular complexity index is 865. The third kappa shape index (κ3) is 5.23. The van der Waals surface area contributed by atoms with E-state index >= 15 is 0 Å². The van der Waals surface area contributed by atoms with Crippen molar-refractivity contribution in [3.63, 3.8) is 0 Å².